The lowest BCUT2D eigenvalue weighted by molar-refractivity contribution is -0.143. The first kappa shape index (κ1) is 11.4. The van der Waals surface area contributed by atoms with Crippen molar-refractivity contribution in [3.8, 4) is 5.75 Å². The molecular weight excluding hydrogens is 250 g/mol. The zero-order valence-electron chi connectivity index (χ0n) is 6.71. The van der Waals surface area contributed by atoms with E-state index >= 15 is 0 Å². The lowest BCUT2D eigenvalue weighted by Gasteiger charge is -2.16. The minimum atomic E-state index is -2.33. The molecule has 1 rings (SSSR count). The number of hydrogen-bond acceptors (Lipinski definition) is 2. The number of benzene rings is 1. The maximum absolute atomic E-state index is 10.5. The quantitative estimate of drug-likeness (QED) is 0.845. The maximum Gasteiger partial charge on any atom is 0.381 e. The van der Waals surface area contributed by atoms with Crippen LogP contribution in [0, 0.1) is 0 Å². The highest BCUT2D eigenvalue weighted by Crippen LogP contribution is 2.31. The van der Waals surface area contributed by atoms with Gasteiger partial charge in [-0.1, -0.05) is 23.7 Å². The third-order valence-corrected chi connectivity index (χ3v) is 2.11. The monoisotopic (exact) mass is 254 g/mol. The molecule has 0 heterocycles. The van der Waals surface area contributed by atoms with Gasteiger partial charge in [-0.05, 0) is 35.3 Å². The van der Waals surface area contributed by atoms with Gasteiger partial charge >= 0.3 is 10.5 Å². The fourth-order valence-corrected chi connectivity index (χ4v) is 1.05. The molecule has 76 valence electrons. The van der Waals surface area contributed by atoms with E-state index in [4.69, 9.17) is 44.6 Å². The van der Waals surface area contributed by atoms with Gasteiger partial charge in [0.1, 0.15) is 5.75 Å². The van der Waals surface area contributed by atoms with Crippen LogP contribution < -0.4 is 4.74 Å². The average Bonchev–Trinajstić information content (AvgIpc) is 2.08. The summed E-state index contributed by atoms with van der Waals surface area (Å²) in [6.07, 6.45) is 0. The van der Waals surface area contributed by atoms with Gasteiger partial charge in [0, 0.05) is 0 Å². The molecule has 0 atom stereocenters. The number of para-hydroxylation sites is 1. The van der Waals surface area contributed by atoms with Gasteiger partial charge in [0.2, 0.25) is 0 Å². The van der Waals surface area contributed by atoms with Gasteiger partial charge in [-0.25, -0.2) is 4.79 Å². The minimum Gasteiger partial charge on any atom is -0.476 e. The van der Waals surface area contributed by atoms with Crippen molar-refractivity contribution in [1.82, 2.24) is 0 Å². The Morgan fingerprint density at radius 3 is 2.43 bits per heavy atom. The fraction of sp³-hybridized carbons (Fsp3) is 0.125. The van der Waals surface area contributed by atoms with Crippen LogP contribution >= 0.6 is 34.8 Å². The molecule has 1 aromatic carbocycles. The van der Waals surface area contributed by atoms with E-state index in [0.29, 0.717) is 0 Å². The molecule has 0 aliphatic carbocycles. The van der Waals surface area contributed by atoms with Gasteiger partial charge in [0.05, 0.1) is 5.02 Å². The van der Waals surface area contributed by atoms with Crippen LogP contribution in [0.4, 0.5) is 0 Å². The van der Waals surface area contributed by atoms with Crippen molar-refractivity contribution in [2.45, 2.75) is 4.52 Å². The summed E-state index contributed by atoms with van der Waals surface area (Å²) in [5, 5.41) is 8.80. The summed E-state index contributed by atoms with van der Waals surface area (Å²) in [6.45, 7) is 0. The molecule has 6 heteroatoms. The summed E-state index contributed by atoms with van der Waals surface area (Å²) in [4.78, 5) is 10.5. The Kier molecular flexibility index (Phi) is 3.48. The first-order valence-corrected chi connectivity index (χ1v) is 4.61. The van der Waals surface area contributed by atoms with Gasteiger partial charge in [0.25, 0.3) is 0 Å². The van der Waals surface area contributed by atoms with Crippen LogP contribution in [0.2, 0.25) is 5.02 Å². The van der Waals surface area contributed by atoms with Gasteiger partial charge in [-0.2, -0.15) is 0 Å². The maximum atomic E-state index is 10.5. The van der Waals surface area contributed by atoms with Crippen LogP contribution in [0.3, 0.4) is 0 Å². The van der Waals surface area contributed by atoms with E-state index in [1.807, 2.05) is 0 Å². The Hall–Kier alpha value is -0.640. The van der Waals surface area contributed by atoms with Crippen LogP contribution in [0.15, 0.2) is 24.3 Å². The minimum absolute atomic E-state index is 0.113. The van der Waals surface area contributed by atoms with E-state index in [9.17, 15) is 4.79 Å². The van der Waals surface area contributed by atoms with Crippen molar-refractivity contribution in [1.29, 1.82) is 0 Å². The van der Waals surface area contributed by atoms with Crippen LogP contribution in [0.5, 0.6) is 5.75 Å². The summed E-state index contributed by atoms with van der Waals surface area (Å²) in [7, 11) is 0. The number of carbonyl (C=O) groups is 1. The molecule has 0 saturated heterocycles. The largest absolute Gasteiger partial charge is 0.476 e. The molecule has 0 aliphatic rings. The smallest absolute Gasteiger partial charge is 0.381 e. The third-order valence-electron chi connectivity index (χ3n) is 1.32. The molecular formula is C8H5Cl3O3. The second-order valence-corrected chi connectivity index (χ2v) is 4.02. The number of aliphatic carboxylic acids is 1. The van der Waals surface area contributed by atoms with Crippen LogP contribution in [-0.4, -0.2) is 15.6 Å². The summed E-state index contributed by atoms with van der Waals surface area (Å²) in [6, 6.07) is 6.28. The Bertz CT molecular complexity index is 351. The lowest BCUT2D eigenvalue weighted by Crippen LogP contribution is -2.32. The molecule has 1 N–H and O–H groups in total. The first-order chi connectivity index (χ1) is 6.43. The van der Waals surface area contributed by atoms with Crippen LogP contribution in [-0.2, 0) is 4.79 Å². The van der Waals surface area contributed by atoms with Crippen molar-refractivity contribution >= 4 is 40.8 Å². The molecule has 3 nitrogen and oxygen atoms in total. The molecule has 0 saturated carbocycles. The highest BCUT2D eigenvalue weighted by atomic mass is 35.5. The van der Waals surface area contributed by atoms with Crippen LogP contribution in [0.25, 0.3) is 0 Å². The molecule has 0 unspecified atom stereocenters. The second kappa shape index (κ2) is 4.26. The van der Waals surface area contributed by atoms with Gasteiger partial charge in [0.15, 0.2) is 0 Å². The van der Waals surface area contributed by atoms with E-state index in [-0.39, 0.29) is 10.8 Å². The normalized spacial score (nSPS) is 11.1. The number of carboxylic acids is 1. The van der Waals surface area contributed by atoms with Crippen molar-refractivity contribution in [3.05, 3.63) is 29.3 Å². The summed E-state index contributed by atoms with van der Waals surface area (Å²) in [5.74, 6) is -1.39. The predicted octanol–water partition coefficient (Wildman–Crippen LogP) is 2.93. The fourth-order valence-electron chi connectivity index (χ4n) is 0.709. The first-order valence-electron chi connectivity index (χ1n) is 3.48. The lowest BCUT2D eigenvalue weighted by atomic mass is 10.3. The Labute approximate surface area is 95.1 Å². The number of ether oxygens (including phenoxy) is 1. The summed E-state index contributed by atoms with van der Waals surface area (Å²) >= 11 is 16.4. The number of hydrogen-bond donors (Lipinski definition) is 1. The topological polar surface area (TPSA) is 46.5 Å². The molecule has 0 aliphatic heterocycles. The molecule has 0 bridgehead atoms. The molecule has 0 fully saturated rings. The highest BCUT2D eigenvalue weighted by Gasteiger charge is 2.36. The van der Waals surface area contributed by atoms with Gasteiger partial charge < -0.3 is 9.84 Å². The van der Waals surface area contributed by atoms with Crippen molar-refractivity contribution in [2.24, 2.45) is 0 Å². The van der Waals surface area contributed by atoms with Gasteiger partial charge in [-0.15, -0.1) is 0 Å². The highest BCUT2D eigenvalue weighted by molar-refractivity contribution is 6.56. The van der Waals surface area contributed by atoms with E-state index < -0.39 is 10.5 Å². The Balaban J connectivity index is 2.89. The number of halogens is 3. The van der Waals surface area contributed by atoms with E-state index in [2.05, 4.69) is 0 Å². The zero-order valence-corrected chi connectivity index (χ0v) is 8.97. The van der Waals surface area contributed by atoms with Crippen molar-refractivity contribution in [3.63, 3.8) is 0 Å². The molecule has 0 aromatic heterocycles. The van der Waals surface area contributed by atoms with E-state index in [1.165, 1.54) is 12.1 Å². The van der Waals surface area contributed by atoms with E-state index in [0.717, 1.165) is 0 Å². The summed E-state index contributed by atoms with van der Waals surface area (Å²) < 4.78 is 2.47. The standard InChI is InChI=1S/C8H5Cl3O3/c9-5-3-1-2-4-6(5)14-8(10,11)7(12)13/h1-4H,(H,12,13). The zero-order chi connectivity index (χ0) is 10.8. The Morgan fingerprint density at radius 2 is 1.93 bits per heavy atom. The van der Waals surface area contributed by atoms with Crippen molar-refractivity contribution in [2.75, 3.05) is 0 Å². The Morgan fingerprint density at radius 1 is 1.36 bits per heavy atom. The molecule has 0 spiro atoms. The number of rotatable bonds is 3. The van der Waals surface area contributed by atoms with E-state index in [1.54, 1.807) is 12.1 Å². The molecule has 1 aromatic rings. The summed E-state index contributed by atoms with van der Waals surface area (Å²) in [5.41, 5.74) is 0. The molecule has 0 amide bonds. The number of alkyl halides is 2. The molecule has 14 heavy (non-hydrogen) atoms. The number of carboxylic acid groups (broad SMARTS) is 1. The second-order valence-electron chi connectivity index (χ2n) is 2.35. The van der Waals surface area contributed by atoms with Gasteiger partial charge in [-0.3, -0.25) is 0 Å². The average molecular weight is 255 g/mol. The predicted molar refractivity (Wildman–Crippen MR) is 54.2 cm³/mol. The van der Waals surface area contributed by atoms with Crippen molar-refractivity contribution < 1.29 is 14.6 Å². The SMILES string of the molecule is O=C(O)C(Cl)(Cl)Oc1ccccc1Cl. The molecule has 0 radical (unpaired) electrons. The van der Waals surface area contributed by atoms with Crippen LogP contribution in [0.1, 0.15) is 0 Å². The third kappa shape index (κ3) is 2.67.